The predicted molar refractivity (Wildman–Crippen MR) is 62.1 cm³/mol. The largest absolute Gasteiger partial charge is 0.380 e. The number of hydrogen-bond acceptors (Lipinski definition) is 3. The molecule has 88 valence electrons. The zero-order chi connectivity index (χ0) is 10.3. The molecule has 0 amide bonds. The molecule has 2 rings (SSSR count). The van der Waals surface area contributed by atoms with Gasteiger partial charge in [0.2, 0.25) is 0 Å². The third-order valence-corrected chi connectivity index (χ3v) is 3.28. The minimum absolute atomic E-state index is 0.696. The van der Waals surface area contributed by atoms with Gasteiger partial charge in [0.1, 0.15) is 0 Å². The van der Waals surface area contributed by atoms with Crippen LogP contribution in [-0.2, 0) is 4.74 Å². The van der Waals surface area contributed by atoms with Crippen LogP contribution >= 0.6 is 0 Å². The summed E-state index contributed by atoms with van der Waals surface area (Å²) in [6.45, 7) is 5.18. The van der Waals surface area contributed by atoms with Crippen LogP contribution in [0.4, 0.5) is 0 Å². The average Bonchev–Trinajstić information content (AvgIpc) is 3.09. The summed E-state index contributed by atoms with van der Waals surface area (Å²) in [6.07, 6.45) is 6.84. The van der Waals surface area contributed by atoms with Gasteiger partial charge in [-0.05, 0) is 38.1 Å². The summed E-state index contributed by atoms with van der Waals surface area (Å²) in [5.74, 6) is 0.894. The molecule has 2 N–H and O–H groups in total. The molecule has 0 spiro atoms. The lowest BCUT2D eigenvalue weighted by Crippen LogP contribution is -2.42. The first kappa shape index (κ1) is 11.4. The highest BCUT2D eigenvalue weighted by molar-refractivity contribution is 4.74. The number of ether oxygens (including phenoxy) is 1. The summed E-state index contributed by atoms with van der Waals surface area (Å²) in [5.41, 5.74) is 0. The molecule has 0 radical (unpaired) electrons. The highest BCUT2D eigenvalue weighted by atomic mass is 16.5. The van der Waals surface area contributed by atoms with Crippen molar-refractivity contribution in [2.24, 2.45) is 5.92 Å². The van der Waals surface area contributed by atoms with Gasteiger partial charge in [-0.2, -0.15) is 0 Å². The monoisotopic (exact) mass is 212 g/mol. The standard InChI is InChI=1S/C12H24N2O/c1-2-6-14-12(3-1)9-13-7-8-15-10-11-4-5-11/h11-14H,1-10H2. The van der Waals surface area contributed by atoms with E-state index in [0.29, 0.717) is 6.04 Å². The zero-order valence-electron chi connectivity index (χ0n) is 9.63. The van der Waals surface area contributed by atoms with Gasteiger partial charge in [-0.15, -0.1) is 0 Å². The molecular weight excluding hydrogens is 188 g/mol. The first-order chi connectivity index (χ1) is 7.45. The van der Waals surface area contributed by atoms with Crippen molar-refractivity contribution in [1.82, 2.24) is 10.6 Å². The van der Waals surface area contributed by atoms with Crippen molar-refractivity contribution in [1.29, 1.82) is 0 Å². The van der Waals surface area contributed by atoms with Gasteiger partial charge in [0.15, 0.2) is 0 Å². The van der Waals surface area contributed by atoms with E-state index in [1.54, 1.807) is 0 Å². The van der Waals surface area contributed by atoms with Gasteiger partial charge in [-0.1, -0.05) is 6.42 Å². The fourth-order valence-electron chi connectivity index (χ4n) is 2.05. The van der Waals surface area contributed by atoms with Crippen LogP contribution in [0.25, 0.3) is 0 Å². The lowest BCUT2D eigenvalue weighted by Gasteiger charge is -2.23. The van der Waals surface area contributed by atoms with E-state index in [9.17, 15) is 0 Å². The topological polar surface area (TPSA) is 33.3 Å². The fraction of sp³-hybridized carbons (Fsp3) is 1.00. The third kappa shape index (κ3) is 4.96. The first-order valence-corrected chi connectivity index (χ1v) is 6.47. The van der Waals surface area contributed by atoms with Crippen molar-refractivity contribution in [3.05, 3.63) is 0 Å². The van der Waals surface area contributed by atoms with E-state index in [2.05, 4.69) is 10.6 Å². The predicted octanol–water partition coefficient (Wildman–Crippen LogP) is 1.14. The van der Waals surface area contributed by atoms with Crippen LogP contribution < -0.4 is 10.6 Å². The maximum atomic E-state index is 5.56. The van der Waals surface area contributed by atoms with Crippen molar-refractivity contribution < 1.29 is 4.74 Å². The van der Waals surface area contributed by atoms with Crippen LogP contribution in [0.15, 0.2) is 0 Å². The van der Waals surface area contributed by atoms with Crippen LogP contribution in [-0.4, -0.2) is 38.9 Å². The van der Waals surface area contributed by atoms with Crippen LogP contribution in [0, 0.1) is 5.92 Å². The Bertz CT molecular complexity index is 165. The first-order valence-electron chi connectivity index (χ1n) is 6.47. The Morgan fingerprint density at radius 1 is 1.20 bits per heavy atom. The molecule has 1 saturated carbocycles. The Hall–Kier alpha value is -0.120. The Balaban J connectivity index is 1.37. The molecule has 2 fully saturated rings. The van der Waals surface area contributed by atoms with Gasteiger partial charge in [0.25, 0.3) is 0 Å². The number of piperidine rings is 1. The lowest BCUT2D eigenvalue weighted by molar-refractivity contribution is 0.125. The van der Waals surface area contributed by atoms with Gasteiger partial charge in [0, 0.05) is 25.7 Å². The van der Waals surface area contributed by atoms with Crippen LogP contribution in [0.5, 0.6) is 0 Å². The SMILES string of the molecule is C1CCC(CNCCOCC2CC2)NC1. The number of hydrogen-bond donors (Lipinski definition) is 2. The average molecular weight is 212 g/mol. The highest BCUT2D eigenvalue weighted by Crippen LogP contribution is 2.28. The maximum absolute atomic E-state index is 5.56. The zero-order valence-corrected chi connectivity index (χ0v) is 9.63. The molecule has 1 saturated heterocycles. The molecule has 3 nitrogen and oxygen atoms in total. The molecule has 2 aliphatic rings. The molecule has 1 heterocycles. The van der Waals surface area contributed by atoms with Gasteiger partial charge >= 0.3 is 0 Å². The minimum atomic E-state index is 0.696. The quantitative estimate of drug-likeness (QED) is 0.621. The van der Waals surface area contributed by atoms with Gasteiger partial charge in [-0.3, -0.25) is 0 Å². The smallest absolute Gasteiger partial charge is 0.0591 e. The minimum Gasteiger partial charge on any atom is -0.380 e. The molecule has 1 aliphatic carbocycles. The Labute approximate surface area is 93.0 Å². The van der Waals surface area contributed by atoms with Crippen molar-refractivity contribution >= 4 is 0 Å². The van der Waals surface area contributed by atoms with Crippen molar-refractivity contribution in [2.75, 3.05) is 32.8 Å². The van der Waals surface area contributed by atoms with E-state index < -0.39 is 0 Å². The van der Waals surface area contributed by atoms with Crippen LogP contribution in [0.3, 0.4) is 0 Å². The second kappa shape index (κ2) is 6.46. The second-order valence-electron chi connectivity index (χ2n) is 4.87. The van der Waals surface area contributed by atoms with Crippen LogP contribution in [0.1, 0.15) is 32.1 Å². The van der Waals surface area contributed by atoms with Crippen molar-refractivity contribution in [3.63, 3.8) is 0 Å². The molecule has 0 aromatic carbocycles. The van der Waals surface area contributed by atoms with Crippen molar-refractivity contribution in [2.45, 2.75) is 38.1 Å². The van der Waals surface area contributed by atoms with E-state index in [0.717, 1.165) is 32.2 Å². The van der Waals surface area contributed by atoms with Gasteiger partial charge in [-0.25, -0.2) is 0 Å². The Morgan fingerprint density at radius 2 is 2.13 bits per heavy atom. The second-order valence-corrected chi connectivity index (χ2v) is 4.87. The van der Waals surface area contributed by atoms with Crippen LogP contribution in [0.2, 0.25) is 0 Å². The van der Waals surface area contributed by atoms with E-state index in [1.807, 2.05) is 0 Å². The van der Waals surface area contributed by atoms with Gasteiger partial charge in [0.05, 0.1) is 6.61 Å². The van der Waals surface area contributed by atoms with Gasteiger partial charge < -0.3 is 15.4 Å². The summed E-state index contributed by atoms with van der Waals surface area (Å²) < 4.78 is 5.56. The molecule has 15 heavy (non-hydrogen) atoms. The summed E-state index contributed by atoms with van der Waals surface area (Å²) in [6, 6.07) is 0.696. The highest BCUT2D eigenvalue weighted by Gasteiger charge is 2.20. The molecule has 0 aromatic rings. The van der Waals surface area contributed by atoms with E-state index in [-0.39, 0.29) is 0 Å². The third-order valence-electron chi connectivity index (χ3n) is 3.28. The molecule has 0 aromatic heterocycles. The number of nitrogens with one attached hydrogen (secondary N) is 2. The molecule has 1 aliphatic heterocycles. The summed E-state index contributed by atoms with van der Waals surface area (Å²) in [4.78, 5) is 0. The summed E-state index contributed by atoms with van der Waals surface area (Å²) >= 11 is 0. The normalized spacial score (nSPS) is 26.8. The Morgan fingerprint density at radius 3 is 2.87 bits per heavy atom. The maximum Gasteiger partial charge on any atom is 0.0591 e. The Kier molecular flexibility index (Phi) is 4.90. The molecule has 1 unspecified atom stereocenters. The molecule has 0 bridgehead atoms. The van der Waals surface area contributed by atoms with Crippen molar-refractivity contribution in [3.8, 4) is 0 Å². The number of rotatable bonds is 7. The summed E-state index contributed by atoms with van der Waals surface area (Å²) in [5, 5.41) is 7.00. The molecule has 3 heteroatoms. The molecule has 1 atom stereocenters. The lowest BCUT2D eigenvalue weighted by atomic mass is 10.1. The molecular formula is C12H24N2O. The van der Waals surface area contributed by atoms with E-state index >= 15 is 0 Å². The fourth-order valence-corrected chi connectivity index (χ4v) is 2.05. The van der Waals surface area contributed by atoms with E-state index in [4.69, 9.17) is 4.74 Å². The summed E-state index contributed by atoms with van der Waals surface area (Å²) in [7, 11) is 0. The van der Waals surface area contributed by atoms with E-state index in [1.165, 1.54) is 38.6 Å².